The van der Waals surface area contributed by atoms with Crippen LogP contribution in [-0.4, -0.2) is 32.3 Å². The van der Waals surface area contributed by atoms with Crippen molar-refractivity contribution in [2.75, 3.05) is 17.3 Å². The summed E-state index contributed by atoms with van der Waals surface area (Å²) in [5.41, 5.74) is 10.1. The molecule has 3 N–H and O–H groups in total. The van der Waals surface area contributed by atoms with Crippen LogP contribution in [0.25, 0.3) is 10.9 Å². The number of rotatable bonds is 3. The molecule has 1 heterocycles. The van der Waals surface area contributed by atoms with E-state index < -0.39 is 9.52 Å². The van der Waals surface area contributed by atoms with E-state index in [9.17, 15) is 4.21 Å². The summed E-state index contributed by atoms with van der Waals surface area (Å²) >= 11 is 0. The number of hydrogen-bond donors (Lipinski definition) is 2. The molecule has 4 rings (SSSR count). The summed E-state index contributed by atoms with van der Waals surface area (Å²) in [5, 5.41) is 4.39. The molecule has 3 aromatic rings. The summed E-state index contributed by atoms with van der Waals surface area (Å²) in [5.74, 6) is 4.54. The summed E-state index contributed by atoms with van der Waals surface area (Å²) in [6.45, 7) is 0. The topological polar surface area (TPSA) is 80.9 Å². The number of benzene rings is 2. The van der Waals surface area contributed by atoms with Crippen LogP contribution in [0.2, 0.25) is 0 Å². The maximum Gasteiger partial charge on any atom is 0.137 e. The molecule has 0 saturated carbocycles. The third kappa shape index (κ3) is 3.05. The van der Waals surface area contributed by atoms with Gasteiger partial charge in [0.2, 0.25) is 0 Å². The van der Waals surface area contributed by atoms with Crippen LogP contribution in [0.3, 0.4) is 0 Å². The normalized spacial score (nSPS) is 18.7. The number of nitrogen functional groups attached to an aromatic ring is 1. The molecule has 1 aliphatic carbocycles. The molecule has 6 heteroatoms. The van der Waals surface area contributed by atoms with Crippen molar-refractivity contribution in [2.24, 2.45) is 0 Å². The van der Waals surface area contributed by atoms with Crippen molar-refractivity contribution in [3.63, 3.8) is 0 Å². The molecule has 2 aromatic carbocycles. The molecule has 0 fully saturated rings. The minimum Gasteiger partial charge on any atom is -0.399 e. The lowest BCUT2D eigenvalue weighted by atomic mass is 10.1. The third-order valence-corrected chi connectivity index (χ3v) is 5.86. The van der Waals surface area contributed by atoms with Gasteiger partial charge in [-0.05, 0) is 69.7 Å². The van der Waals surface area contributed by atoms with Crippen molar-refractivity contribution in [1.82, 2.24) is 9.97 Å². The lowest BCUT2D eigenvalue weighted by Crippen LogP contribution is -2.20. The van der Waals surface area contributed by atoms with E-state index in [1.165, 1.54) is 11.1 Å². The van der Waals surface area contributed by atoms with E-state index in [2.05, 4.69) is 27.2 Å². The number of fused-ring (bicyclic) bond motifs is 2. The van der Waals surface area contributed by atoms with Crippen molar-refractivity contribution >= 4 is 37.8 Å². The highest BCUT2D eigenvalue weighted by Crippen LogP contribution is 2.29. The van der Waals surface area contributed by atoms with Crippen LogP contribution in [0.5, 0.6) is 0 Å². The molecule has 0 bridgehead atoms. The molecule has 2 unspecified atom stereocenters. The number of nitrogens with one attached hydrogen (secondary N) is 1. The van der Waals surface area contributed by atoms with E-state index in [-0.39, 0.29) is 6.04 Å². The van der Waals surface area contributed by atoms with E-state index in [1.54, 1.807) is 12.6 Å². The largest absolute Gasteiger partial charge is 0.399 e. The molecule has 0 spiro atoms. The quantitative estimate of drug-likeness (QED) is 0.559. The highest BCUT2D eigenvalue weighted by atomic mass is 32.2. The number of nitrogens with zero attached hydrogens (tertiary/aromatic N) is 2. The lowest BCUT2D eigenvalue weighted by molar-refractivity contribution is 0.685. The fourth-order valence-electron chi connectivity index (χ4n) is 3.35. The number of hydrogen-bond acceptors (Lipinski definition) is 5. The highest BCUT2D eigenvalue weighted by molar-refractivity contribution is 7.99. The summed E-state index contributed by atoms with van der Waals surface area (Å²) in [7, 11) is -2.28. The second-order valence-electron chi connectivity index (χ2n) is 6.68. The van der Waals surface area contributed by atoms with Gasteiger partial charge in [-0.15, -0.1) is 0 Å². The van der Waals surface area contributed by atoms with Crippen LogP contribution in [-0.2, 0) is 22.4 Å². The Balaban J connectivity index is 1.68. The van der Waals surface area contributed by atoms with Gasteiger partial charge in [-0.3, -0.25) is 4.21 Å². The second kappa shape index (κ2) is 5.74. The van der Waals surface area contributed by atoms with Crippen LogP contribution in [0.1, 0.15) is 11.1 Å². The zero-order valence-electron chi connectivity index (χ0n) is 14.0. The Kier molecular flexibility index (Phi) is 3.65. The first-order valence-corrected chi connectivity index (χ1v) is 10.2. The van der Waals surface area contributed by atoms with Gasteiger partial charge < -0.3 is 11.1 Å². The highest BCUT2D eigenvalue weighted by Gasteiger charge is 2.22. The average molecular weight is 352 g/mol. The molecule has 1 aliphatic rings. The lowest BCUT2D eigenvalue weighted by Gasteiger charge is -2.15. The average Bonchev–Trinajstić information content (AvgIpc) is 2.95. The Bertz CT molecular complexity index is 1080. The SMILES string of the molecule is C=S(C)(=O)c1ccc2ncnc(NC3Cc4ccc(N)cc4C3)c2c1. The Morgan fingerprint density at radius 2 is 1.96 bits per heavy atom. The number of aromatic nitrogens is 2. The Hall–Kier alpha value is -2.60. The van der Waals surface area contributed by atoms with Crippen molar-refractivity contribution in [3.05, 3.63) is 53.9 Å². The first-order chi connectivity index (χ1) is 11.9. The van der Waals surface area contributed by atoms with Gasteiger partial charge >= 0.3 is 0 Å². The van der Waals surface area contributed by atoms with Crippen molar-refractivity contribution in [3.8, 4) is 0 Å². The van der Waals surface area contributed by atoms with Crippen LogP contribution in [0, 0.1) is 0 Å². The molecular formula is C19H20N4OS. The number of anilines is 2. The van der Waals surface area contributed by atoms with E-state index in [0.717, 1.165) is 35.2 Å². The fraction of sp³-hybridized carbons (Fsp3) is 0.211. The first-order valence-electron chi connectivity index (χ1n) is 8.11. The molecular weight excluding hydrogens is 332 g/mol. The molecule has 0 aliphatic heterocycles. The van der Waals surface area contributed by atoms with Gasteiger partial charge in [-0.25, -0.2) is 9.97 Å². The molecule has 0 saturated heterocycles. The van der Waals surface area contributed by atoms with Crippen LogP contribution < -0.4 is 11.1 Å². The molecule has 0 amide bonds. The first kappa shape index (κ1) is 15.9. The van der Waals surface area contributed by atoms with E-state index in [0.29, 0.717) is 4.90 Å². The van der Waals surface area contributed by atoms with Gasteiger partial charge in [0.05, 0.1) is 5.52 Å². The van der Waals surface area contributed by atoms with E-state index in [1.807, 2.05) is 30.3 Å². The Labute approximate surface area is 147 Å². The fourth-order valence-corrected chi connectivity index (χ4v) is 4.08. The zero-order chi connectivity index (χ0) is 17.6. The monoisotopic (exact) mass is 352 g/mol. The smallest absolute Gasteiger partial charge is 0.137 e. The van der Waals surface area contributed by atoms with Gasteiger partial charge in [0.15, 0.2) is 0 Å². The molecule has 25 heavy (non-hydrogen) atoms. The minimum absolute atomic E-state index is 0.254. The summed E-state index contributed by atoms with van der Waals surface area (Å²) in [4.78, 5) is 9.43. The predicted octanol–water partition coefficient (Wildman–Crippen LogP) is 2.50. The molecule has 0 radical (unpaired) electrons. The maximum absolute atomic E-state index is 12.3. The van der Waals surface area contributed by atoms with Crippen LogP contribution in [0.4, 0.5) is 11.5 Å². The maximum atomic E-state index is 12.3. The van der Waals surface area contributed by atoms with E-state index >= 15 is 0 Å². The molecule has 1 aromatic heterocycles. The second-order valence-corrected chi connectivity index (χ2v) is 9.17. The van der Waals surface area contributed by atoms with Gasteiger partial charge in [0, 0.05) is 28.3 Å². The summed E-state index contributed by atoms with van der Waals surface area (Å²) in [6.07, 6.45) is 5.03. The predicted molar refractivity (Wildman–Crippen MR) is 105 cm³/mol. The standard InChI is InChI=1S/C19H20N4OS/c1-25(2,24)16-5-6-18-17(10-16)19(22-11-21-18)23-15-8-12-3-4-14(20)7-13(12)9-15/h3-7,10-11,15H,1,8-9,20H2,2H3,(H,21,22,23). The van der Waals surface area contributed by atoms with Gasteiger partial charge in [0.25, 0.3) is 0 Å². The Morgan fingerprint density at radius 1 is 1.16 bits per heavy atom. The van der Waals surface area contributed by atoms with Gasteiger partial charge in [0.1, 0.15) is 12.1 Å². The van der Waals surface area contributed by atoms with Crippen LogP contribution >= 0.6 is 0 Å². The van der Waals surface area contributed by atoms with Gasteiger partial charge in [-0.1, -0.05) is 6.07 Å². The molecule has 5 nitrogen and oxygen atoms in total. The van der Waals surface area contributed by atoms with Gasteiger partial charge in [-0.2, -0.15) is 0 Å². The van der Waals surface area contributed by atoms with Crippen molar-refractivity contribution < 1.29 is 4.21 Å². The zero-order valence-corrected chi connectivity index (χ0v) is 14.8. The summed E-state index contributed by atoms with van der Waals surface area (Å²) in [6, 6.07) is 11.9. The Morgan fingerprint density at radius 3 is 2.76 bits per heavy atom. The van der Waals surface area contributed by atoms with E-state index in [4.69, 9.17) is 5.73 Å². The minimum atomic E-state index is -2.28. The van der Waals surface area contributed by atoms with Crippen molar-refractivity contribution in [2.45, 2.75) is 23.8 Å². The molecule has 2 atom stereocenters. The number of nitrogens with two attached hydrogens (primary N) is 1. The third-order valence-electron chi connectivity index (χ3n) is 4.61. The summed E-state index contributed by atoms with van der Waals surface area (Å²) < 4.78 is 12.3. The van der Waals surface area contributed by atoms with Crippen LogP contribution in [0.15, 0.2) is 47.6 Å². The van der Waals surface area contributed by atoms with Crippen molar-refractivity contribution in [1.29, 1.82) is 0 Å². The molecule has 128 valence electrons.